The van der Waals surface area contributed by atoms with Crippen molar-refractivity contribution in [1.82, 2.24) is 9.80 Å². The lowest BCUT2D eigenvalue weighted by Gasteiger charge is -2.49. The fraction of sp³-hybridized carbons (Fsp3) is 0.786. The van der Waals surface area contributed by atoms with Gasteiger partial charge >= 0.3 is 18.2 Å². The van der Waals surface area contributed by atoms with Crippen molar-refractivity contribution >= 4 is 225 Å². The summed E-state index contributed by atoms with van der Waals surface area (Å²) in [5.74, 6) is -0.439. The highest BCUT2D eigenvalue weighted by molar-refractivity contribution is 9.40. The first-order valence-electron chi connectivity index (χ1n) is 18.7. The molecule has 36 heteroatoms. The zero-order valence-electron chi connectivity index (χ0n) is 38.7. The van der Waals surface area contributed by atoms with Crippen LogP contribution < -0.4 is 0 Å². The van der Waals surface area contributed by atoms with E-state index in [0.29, 0.717) is 0 Å². The number of rotatable bonds is 15. The molecule has 2 saturated heterocycles. The molecule has 2 rings (SSSR count). The van der Waals surface area contributed by atoms with Crippen LogP contribution in [0.1, 0.15) is 90.0 Å². The third kappa shape index (κ3) is 24.0. The van der Waals surface area contributed by atoms with Gasteiger partial charge in [-0.2, -0.15) is 0 Å². The van der Waals surface area contributed by atoms with Crippen LogP contribution in [0.15, 0.2) is 12.7 Å². The van der Waals surface area contributed by atoms with Crippen molar-refractivity contribution in [2.45, 2.75) is 143 Å². The number of carbonyl (C=O) groups excluding carboxylic acids is 4. The van der Waals surface area contributed by atoms with Gasteiger partial charge in [0, 0.05) is 6.92 Å². The van der Waals surface area contributed by atoms with Gasteiger partial charge in [-0.3, -0.25) is 14.6 Å². The summed E-state index contributed by atoms with van der Waals surface area (Å²) in [5, 5.41) is 0. The lowest BCUT2D eigenvalue weighted by molar-refractivity contribution is -0.147. The van der Waals surface area contributed by atoms with Crippen molar-refractivity contribution in [1.29, 1.82) is 0 Å². The standard InChI is InChI=1S/C16H27NO5.C12H21NO4.H27P25/c1-9-12(20-11(3)18)13-10(2)21-16(7,8)17(13)14(19)22-15(4,5)6;1-8-9(7-14)13(12(5,6)16-8)10(15)17-11(2,3)4;1-14-21(15(2)3)24(20(12)13)25(22(16(4)5)17(6)7)23(18(8)9)19(10)11/h9-10,12-13H,1H2,2-8H3;7-9H,1-6H3;14H,1-13H2/t10-,12?,13+;8-,9-;/m00./s1. The molecule has 0 aromatic rings. The number of hydrogen-bond acceptors (Lipinski definition) is 9. The van der Waals surface area contributed by atoms with Crippen molar-refractivity contribution in [3.05, 3.63) is 12.7 Å². The van der Waals surface area contributed by atoms with Crippen LogP contribution in [0.2, 0.25) is 0 Å². The van der Waals surface area contributed by atoms with Gasteiger partial charge in [0.15, 0.2) is 0 Å². The summed E-state index contributed by atoms with van der Waals surface area (Å²) in [7, 11) is 43.0. The van der Waals surface area contributed by atoms with E-state index in [1.807, 2.05) is 6.92 Å². The second-order valence-corrected chi connectivity index (χ2v) is 115. The number of hydrogen-bond donors (Lipinski definition) is 0. The van der Waals surface area contributed by atoms with Crippen LogP contribution in [0.5, 0.6) is 0 Å². The molecule has 0 spiro atoms. The van der Waals surface area contributed by atoms with Gasteiger partial charge in [0.2, 0.25) is 0 Å². The van der Waals surface area contributed by atoms with Gasteiger partial charge in [0.25, 0.3) is 0 Å². The fourth-order valence-corrected chi connectivity index (χ4v) is 320. The molecule has 0 aromatic heterocycles. The van der Waals surface area contributed by atoms with Gasteiger partial charge < -0.3 is 28.5 Å². The Labute approximate surface area is 430 Å². The third-order valence-electron chi connectivity index (χ3n) is 7.87. The van der Waals surface area contributed by atoms with Gasteiger partial charge in [-0.1, -0.05) is 14.5 Å². The molecule has 2 heterocycles. The molecule has 0 saturated carbocycles. The Morgan fingerprint density at radius 1 is 0.656 bits per heavy atom. The number of amides is 2. The van der Waals surface area contributed by atoms with E-state index in [1.54, 1.807) is 76.2 Å². The van der Waals surface area contributed by atoms with Crippen LogP contribution in [0.4, 0.5) is 9.59 Å². The second-order valence-electron chi connectivity index (χ2n) is 16.4. The molecule has 0 bridgehead atoms. The summed E-state index contributed by atoms with van der Waals surface area (Å²) >= 11 is 0. The van der Waals surface area contributed by atoms with Crippen molar-refractivity contribution in [2.24, 2.45) is 0 Å². The molecule has 2 aliphatic rings. The van der Waals surface area contributed by atoms with Crippen LogP contribution in [0.25, 0.3) is 0 Å². The normalized spacial score (nSPS) is 22.7. The van der Waals surface area contributed by atoms with Crippen molar-refractivity contribution < 1.29 is 42.9 Å². The Bertz CT molecular complexity index is 1470. The predicted octanol–water partition coefficient (Wildman–Crippen LogP) is 19.1. The largest absolute Gasteiger partial charge is 0.456 e. The van der Waals surface area contributed by atoms with Crippen LogP contribution in [0, 0.1) is 0 Å². The Morgan fingerprint density at radius 3 is 1.31 bits per heavy atom. The Balaban J connectivity index is 0.000000946. The summed E-state index contributed by atoms with van der Waals surface area (Å²) in [6.07, 6.45) is -0.120. The molecule has 21 atom stereocenters. The molecular weight excluding hydrogens is 1280 g/mol. The highest BCUT2D eigenvalue weighted by atomic mass is 33.5. The average Bonchev–Trinajstić information content (AvgIpc) is 3.47. The van der Waals surface area contributed by atoms with E-state index in [0.717, 1.165) is 14.2 Å². The molecule has 0 radical (unpaired) electrons. The van der Waals surface area contributed by atoms with E-state index in [1.165, 1.54) is 22.8 Å². The van der Waals surface area contributed by atoms with Crippen LogP contribution >= 0.6 is 201 Å². The number of carbonyl (C=O) groups is 4. The molecular formula is C28H75N2O9P25. The van der Waals surface area contributed by atoms with Crippen LogP contribution in [-0.2, 0) is 33.3 Å². The maximum atomic E-state index is 12.6. The summed E-state index contributed by atoms with van der Waals surface area (Å²) < 4.78 is 27.5. The monoisotopic (exact) mass is 1360 g/mol. The van der Waals surface area contributed by atoms with Crippen molar-refractivity contribution in [2.75, 3.05) is 0 Å². The maximum absolute atomic E-state index is 12.6. The first-order chi connectivity index (χ1) is 28.8. The zero-order chi connectivity index (χ0) is 50.8. The van der Waals surface area contributed by atoms with Crippen LogP contribution in [0.3, 0.4) is 0 Å². The number of ether oxygens (including phenoxy) is 5. The lowest BCUT2D eigenvalue weighted by atomic mass is 10.0. The smallest absolute Gasteiger partial charge is 0.413 e. The van der Waals surface area contributed by atoms with Gasteiger partial charge in [-0.25, -0.2) is 9.59 Å². The second kappa shape index (κ2) is 32.9. The quantitative estimate of drug-likeness (QED) is 0.0519. The van der Waals surface area contributed by atoms with E-state index in [2.05, 4.69) is 123 Å². The molecule has 2 aliphatic heterocycles. The van der Waals surface area contributed by atoms with E-state index in [9.17, 15) is 19.2 Å². The zero-order valence-corrected chi connectivity index (χ0v) is 64.6. The van der Waals surface area contributed by atoms with Gasteiger partial charge in [0.05, 0.1) is 12.2 Å². The molecule has 17 unspecified atom stereocenters. The predicted molar refractivity (Wildman–Crippen MR) is 355 cm³/mol. The first kappa shape index (κ1) is 72.1. The Morgan fingerprint density at radius 2 is 1.02 bits per heavy atom. The molecule has 376 valence electrons. The Kier molecular flexibility index (Phi) is 37.0. The number of esters is 1. The fourth-order valence-electron chi connectivity index (χ4n) is 5.94. The molecule has 2 amide bonds. The summed E-state index contributed by atoms with van der Waals surface area (Å²) in [6, 6.07) is -1.09. The van der Waals surface area contributed by atoms with E-state index in [4.69, 9.17) is 23.7 Å². The number of aldehydes is 1. The lowest BCUT2D eigenvalue weighted by Crippen LogP contribution is -2.54. The van der Waals surface area contributed by atoms with E-state index < -0.39 is 59.0 Å². The molecule has 64 heavy (non-hydrogen) atoms. The first-order valence-corrected chi connectivity index (χ1v) is 63.6. The number of nitrogens with zero attached hydrogens (tertiary/aromatic N) is 2. The molecule has 0 aromatic carbocycles. The van der Waals surface area contributed by atoms with Gasteiger partial charge in [-0.05, 0) is 166 Å². The van der Waals surface area contributed by atoms with E-state index >= 15 is 0 Å². The minimum Gasteiger partial charge on any atom is -0.456 e. The highest BCUT2D eigenvalue weighted by Crippen LogP contribution is 3.34. The molecule has 11 nitrogen and oxygen atoms in total. The van der Waals surface area contributed by atoms with E-state index in [-0.39, 0.29) is 89.1 Å². The molecule has 0 aliphatic carbocycles. The topological polar surface area (TPSA) is 121 Å². The van der Waals surface area contributed by atoms with Gasteiger partial charge in [-0.15, -0.1) is 116 Å². The van der Waals surface area contributed by atoms with Crippen molar-refractivity contribution in [3.8, 4) is 0 Å². The molecule has 0 N–H and O–H groups in total. The average molecular weight is 1360 g/mol. The summed E-state index contributed by atoms with van der Waals surface area (Å²) in [5.41, 5.74) is -2.91. The minimum atomic E-state index is -0.867. The van der Waals surface area contributed by atoms with Crippen LogP contribution in [-0.4, -0.2) is 87.3 Å². The highest BCUT2D eigenvalue weighted by Gasteiger charge is 2.53. The third-order valence-corrected chi connectivity index (χ3v) is 169. The summed E-state index contributed by atoms with van der Waals surface area (Å²) in [6.45, 7) is 27.0. The Hall–Kier alpha value is 8.09. The van der Waals surface area contributed by atoms with Crippen molar-refractivity contribution in [3.63, 3.8) is 0 Å². The molecule has 2 fully saturated rings. The maximum Gasteiger partial charge on any atom is 0.413 e. The SMILES string of the molecule is C=CC(OC(C)=O)[C@H]1[C@H](C)OC(C)(C)N1C(=O)OC(C)(C)C.C[C@@H]1OC(C)(C)N(C(=O)OC(C)(C)C)[C@H]1C=O.PPP(P(P)P)P(P(P)P)P(P(P(P)P)P(P)P)P(P(P)P)P(P)P. The summed E-state index contributed by atoms with van der Waals surface area (Å²) in [4.78, 5) is 49.8. The van der Waals surface area contributed by atoms with Gasteiger partial charge in [0.1, 0.15) is 47.1 Å². The minimum absolute atomic E-state index is 0.00618.